The first kappa shape index (κ1) is 13.5. The first-order valence-electron chi connectivity index (χ1n) is 6.31. The Morgan fingerprint density at radius 3 is 2.68 bits per heavy atom. The van der Waals surface area contributed by atoms with Crippen molar-refractivity contribution in [1.82, 2.24) is 0 Å². The first-order valence-corrected chi connectivity index (χ1v) is 6.31. The van der Waals surface area contributed by atoms with Crippen LogP contribution in [-0.4, -0.2) is 16.7 Å². The number of hydrogen-bond acceptors (Lipinski definition) is 4. The van der Waals surface area contributed by atoms with Crippen molar-refractivity contribution in [3.05, 3.63) is 41.2 Å². The molecule has 3 N–H and O–H groups in total. The van der Waals surface area contributed by atoms with Gasteiger partial charge in [-0.15, -0.1) is 0 Å². The molecule has 0 spiro atoms. The minimum Gasteiger partial charge on any atom is -0.512 e. The van der Waals surface area contributed by atoms with Crippen LogP contribution in [0.4, 0.5) is 5.69 Å². The second-order valence-corrected chi connectivity index (χ2v) is 5.58. The second-order valence-electron chi connectivity index (χ2n) is 5.58. The molecule has 1 aromatic carbocycles. The lowest BCUT2D eigenvalue weighted by molar-refractivity contribution is -0.155. The number of aliphatic hydroxyl groups excluding tert-OH is 1. The van der Waals surface area contributed by atoms with Crippen LogP contribution in [0.2, 0.25) is 0 Å². The monoisotopic (exact) mass is 261 g/mol. The number of carbonyl (C=O) groups excluding carboxylic acids is 1. The summed E-state index contributed by atoms with van der Waals surface area (Å²) in [5.74, 6) is -0.591. The molecular formula is C15H19NO3. The molecule has 4 heteroatoms. The minimum atomic E-state index is -0.653. The van der Waals surface area contributed by atoms with Gasteiger partial charge < -0.3 is 15.6 Å². The molecule has 0 fully saturated rings. The molecule has 1 heterocycles. The summed E-state index contributed by atoms with van der Waals surface area (Å²) in [6.45, 7) is 5.42. The summed E-state index contributed by atoms with van der Waals surface area (Å²) in [7, 11) is 0. The maximum atomic E-state index is 12.0. The zero-order chi connectivity index (χ0) is 14.2. The van der Waals surface area contributed by atoms with Gasteiger partial charge in [0.05, 0.1) is 5.57 Å². The number of benzene rings is 1. The van der Waals surface area contributed by atoms with Gasteiger partial charge in [-0.2, -0.15) is 0 Å². The second kappa shape index (κ2) is 4.61. The summed E-state index contributed by atoms with van der Waals surface area (Å²) >= 11 is 0. The zero-order valence-corrected chi connectivity index (χ0v) is 11.4. The molecule has 1 aromatic rings. The summed E-state index contributed by atoms with van der Waals surface area (Å²) in [5, 5.41) is 10.1. The van der Waals surface area contributed by atoms with Crippen molar-refractivity contribution in [3.8, 4) is 0 Å². The highest BCUT2D eigenvalue weighted by atomic mass is 16.6. The van der Waals surface area contributed by atoms with Crippen LogP contribution in [-0.2, 0) is 9.53 Å². The fourth-order valence-corrected chi connectivity index (χ4v) is 2.38. The van der Waals surface area contributed by atoms with Crippen molar-refractivity contribution in [1.29, 1.82) is 0 Å². The standard InChI is InChI=1S/C15H19NO3/c1-9(10-5-4-6-11(16)7-10)13-12(17)8-15(2,3)19-14(13)18/h4-7,9,17H,8,16H2,1-3H3. The van der Waals surface area contributed by atoms with Crippen LogP contribution in [0.15, 0.2) is 35.6 Å². The lowest BCUT2D eigenvalue weighted by atomic mass is 9.87. The lowest BCUT2D eigenvalue weighted by Gasteiger charge is -2.32. The molecule has 1 unspecified atom stereocenters. The van der Waals surface area contributed by atoms with Gasteiger partial charge in [-0.05, 0) is 31.5 Å². The van der Waals surface area contributed by atoms with E-state index in [2.05, 4.69) is 0 Å². The highest BCUT2D eigenvalue weighted by molar-refractivity contribution is 5.92. The number of rotatable bonds is 2. The van der Waals surface area contributed by atoms with Crippen molar-refractivity contribution in [2.45, 2.75) is 38.7 Å². The van der Waals surface area contributed by atoms with Gasteiger partial charge in [0.2, 0.25) is 0 Å². The molecule has 0 saturated carbocycles. The predicted molar refractivity (Wildman–Crippen MR) is 73.7 cm³/mol. The molecule has 2 rings (SSSR count). The number of hydrogen-bond donors (Lipinski definition) is 2. The van der Waals surface area contributed by atoms with Crippen molar-refractivity contribution in [2.75, 3.05) is 5.73 Å². The first-order chi connectivity index (χ1) is 8.80. The Kier molecular flexibility index (Phi) is 3.27. The molecule has 0 radical (unpaired) electrons. The average Bonchev–Trinajstić information content (AvgIpc) is 2.25. The molecule has 0 amide bonds. The summed E-state index contributed by atoms with van der Waals surface area (Å²) in [4.78, 5) is 12.0. The summed E-state index contributed by atoms with van der Waals surface area (Å²) in [6, 6.07) is 7.30. The molecule has 0 saturated heterocycles. The maximum absolute atomic E-state index is 12.0. The molecule has 0 aliphatic carbocycles. The van der Waals surface area contributed by atoms with E-state index in [9.17, 15) is 9.90 Å². The van der Waals surface area contributed by atoms with Gasteiger partial charge in [-0.1, -0.05) is 19.1 Å². The molecule has 0 bridgehead atoms. The normalized spacial score (nSPS) is 20.1. The number of nitrogen functional groups attached to an aromatic ring is 1. The van der Waals surface area contributed by atoms with Gasteiger partial charge in [-0.25, -0.2) is 4.79 Å². The Hall–Kier alpha value is -1.97. The number of aliphatic hydroxyl groups is 1. The van der Waals surface area contributed by atoms with Crippen LogP contribution in [0.25, 0.3) is 0 Å². The van der Waals surface area contributed by atoms with E-state index in [0.717, 1.165) is 5.56 Å². The number of anilines is 1. The van der Waals surface area contributed by atoms with Gasteiger partial charge in [-0.3, -0.25) is 0 Å². The van der Waals surface area contributed by atoms with E-state index in [1.165, 1.54) is 0 Å². The van der Waals surface area contributed by atoms with Gasteiger partial charge in [0.1, 0.15) is 11.4 Å². The molecule has 0 aromatic heterocycles. The number of carbonyl (C=O) groups is 1. The van der Waals surface area contributed by atoms with E-state index in [1.807, 2.05) is 19.1 Å². The highest BCUT2D eigenvalue weighted by Gasteiger charge is 2.36. The fraction of sp³-hybridized carbons (Fsp3) is 0.400. The maximum Gasteiger partial charge on any atom is 0.338 e. The van der Waals surface area contributed by atoms with Gasteiger partial charge >= 0.3 is 5.97 Å². The third-order valence-corrected chi connectivity index (χ3v) is 3.34. The smallest absolute Gasteiger partial charge is 0.338 e. The Balaban J connectivity index is 2.38. The summed E-state index contributed by atoms with van der Waals surface area (Å²) in [5.41, 5.74) is 6.94. The van der Waals surface area contributed by atoms with Crippen molar-refractivity contribution < 1.29 is 14.6 Å². The average molecular weight is 261 g/mol. The Bertz CT molecular complexity index is 546. The molecule has 1 aliphatic rings. The molecule has 102 valence electrons. The van der Waals surface area contributed by atoms with Crippen LogP contribution in [0, 0.1) is 0 Å². The quantitative estimate of drug-likeness (QED) is 0.634. The molecule has 4 nitrogen and oxygen atoms in total. The summed E-state index contributed by atoms with van der Waals surface area (Å²) in [6.07, 6.45) is 0.334. The van der Waals surface area contributed by atoms with Crippen molar-refractivity contribution >= 4 is 11.7 Å². The van der Waals surface area contributed by atoms with E-state index in [4.69, 9.17) is 10.5 Å². The van der Waals surface area contributed by atoms with E-state index in [1.54, 1.807) is 26.0 Å². The van der Waals surface area contributed by atoms with E-state index >= 15 is 0 Å². The molecule has 19 heavy (non-hydrogen) atoms. The van der Waals surface area contributed by atoms with Crippen molar-refractivity contribution in [3.63, 3.8) is 0 Å². The van der Waals surface area contributed by atoms with Crippen LogP contribution in [0.1, 0.15) is 38.7 Å². The zero-order valence-electron chi connectivity index (χ0n) is 11.4. The van der Waals surface area contributed by atoms with E-state index < -0.39 is 11.6 Å². The lowest BCUT2D eigenvalue weighted by Crippen LogP contribution is -2.35. The Morgan fingerprint density at radius 1 is 1.42 bits per heavy atom. The Morgan fingerprint density at radius 2 is 2.11 bits per heavy atom. The number of ether oxygens (including phenoxy) is 1. The Labute approximate surface area is 112 Å². The van der Waals surface area contributed by atoms with Crippen LogP contribution in [0.3, 0.4) is 0 Å². The van der Waals surface area contributed by atoms with E-state index in [-0.39, 0.29) is 11.7 Å². The van der Waals surface area contributed by atoms with Crippen molar-refractivity contribution in [2.24, 2.45) is 0 Å². The largest absolute Gasteiger partial charge is 0.512 e. The number of cyclic esters (lactones) is 1. The third kappa shape index (κ3) is 2.72. The molecule has 1 atom stereocenters. The van der Waals surface area contributed by atoms with E-state index in [0.29, 0.717) is 17.7 Å². The molecule has 1 aliphatic heterocycles. The third-order valence-electron chi connectivity index (χ3n) is 3.34. The molecular weight excluding hydrogens is 242 g/mol. The topological polar surface area (TPSA) is 72.5 Å². The van der Waals surface area contributed by atoms with Gasteiger partial charge in [0.25, 0.3) is 0 Å². The predicted octanol–water partition coefficient (Wildman–Crippen LogP) is 2.91. The minimum absolute atomic E-state index is 0.108. The number of esters is 1. The van der Waals surface area contributed by atoms with Crippen LogP contribution >= 0.6 is 0 Å². The number of nitrogens with two attached hydrogens (primary N) is 1. The van der Waals surface area contributed by atoms with Crippen LogP contribution in [0.5, 0.6) is 0 Å². The van der Waals surface area contributed by atoms with Crippen LogP contribution < -0.4 is 5.73 Å². The SMILES string of the molecule is CC(C1=C(O)CC(C)(C)OC1=O)c1cccc(N)c1. The summed E-state index contributed by atoms with van der Waals surface area (Å²) < 4.78 is 5.34. The fourth-order valence-electron chi connectivity index (χ4n) is 2.38. The highest BCUT2D eigenvalue weighted by Crippen LogP contribution is 2.35. The van der Waals surface area contributed by atoms with Gasteiger partial charge in [0.15, 0.2) is 0 Å². The van der Waals surface area contributed by atoms with Gasteiger partial charge in [0, 0.05) is 18.0 Å².